The molecule has 4 rings (SSSR count). The highest BCUT2D eigenvalue weighted by molar-refractivity contribution is 7.17. The number of fused-ring (bicyclic) bond motifs is 1. The van der Waals surface area contributed by atoms with E-state index in [0.29, 0.717) is 23.1 Å². The third-order valence-corrected chi connectivity index (χ3v) is 7.00. The number of amides is 1. The van der Waals surface area contributed by atoms with Gasteiger partial charge in [-0.1, -0.05) is 29.8 Å². The summed E-state index contributed by atoms with van der Waals surface area (Å²) >= 11 is 7.61. The Hall–Kier alpha value is -3.36. The highest BCUT2D eigenvalue weighted by atomic mass is 35.5. The highest BCUT2D eigenvalue weighted by Crippen LogP contribution is 2.39. The average molecular weight is 509 g/mol. The number of pyridine rings is 1. The number of halogens is 1. The second-order valence-corrected chi connectivity index (χ2v) is 9.68. The molecule has 35 heavy (non-hydrogen) atoms. The minimum atomic E-state index is 0.0684. The van der Waals surface area contributed by atoms with Crippen molar-refractivity contribution in [1.82, 2.24) is 10.3 Å². The van der Waals surface area contributed by atoms with Crippen LogP contribution in [0.25, 0.3) is 0 Å². The molecule has 0 spiro atoms. The molecule has 3 aromatic rings. The Morgan fingerprint density at radius 1 is 1.23 bits per heavy atom. The molecule has 0 aliphatic carbocycles. The van der Waals surface area contributed by atoms with Crippen molar-refractivity contribution in [2.75, 3.05) is 18.5 Å². The molecule has 0 unspecified atom stereocenters. The van der Waals surface area contributed by atoms with Crippen molar-refractivity contribution in [3.63, 3.8) is 0 Å². The molecule has 2 aromatic heterocycles. The number of aryl methyl sites for hydroxylation is 2. The van der Waals surface area contributed by atoms with Gasteiger partial charge in [0.25, 0.3) is 0 Å². The zero-order chi connectivity index (χ0) is 25.5. The van der Waals surface area contributed by atoms with E-state index in [0.717, 1.165) is 39.4 Å². The van der Waals surface area contributed by atoms with Crippen LogP contribution in [0.5, 0.6) is 0 Å². The molecule has 0 atom stereocenters. The molecular weight excluding hydrogens is 480 g/mol. The molecule has 7 nitrogen and oxygen atoms in total. The van der Waals surface area contributed by atoms with Gasteiger partial charge in [-0.15, -0.1) is 11.3 Å². The van der Waals surface area contributed by atoms with Crippen LogP contribution in [0.4, 0.5) is 5.00 Å². The summed E-state index contributed by atoms with van der Waals surface area (Å²) in [6, 6.07) is 11.4. The summed E-state index contributed by atoms with van der Waals surface area (Å²) in [7, 11) is 1.64. The smallest absolute Gasteiger partial charge is 0.220 e. The minimum absolute atomic E-state index is 0.0684. The number of aliphatic imine (C=N–C) groups is 1. The SMILES string of the molecule is CC(=N)N1C(=N)CN=C(c2ccc(Cl)cc2)c2c1sc(C)c2C.CNC(=O)CCc1cccnc1. The second-order valence-electron chi connectivity index (χ2n) is 8.04. The van der Waals surface area contributed by atoms with E-state index in [2.05, 4.69) is 29.1 Å². The minimum Gasteiger partial charge on any atom is -0.359 e. The van der Waals surface area contributed by atoms with Crippen molar-refractivity contribution in [2.45, 2.75) is 33.6 Å². The first-order valence-corrected chi connectivity index (χ1v) is 12.3. The quantitative estimate of drug-likeness (QED) is 0.324. The fourth-order valence-electron chi connectivity index (χ4n) is 3.60. The van der Waals surface area contributed by atoms with E-state index in [-0.39, 0.29) is 12.5 Å². The molecule has 9 heteroatoms. The van der Waals surface area contributed by atoms with Crippen LogP contribution in [0.3, 0.4) is 0 Å². The zero-order valence-corrected chi connectivity index (χ0v) is 21.8. The number of aromatic nitrogens is 1. The molecular formula is C26H29ClN6OS. The molecule has 1 aliphatic heterocycles. The predicted molar refractivity (Wildman–Crippen MR) is 146 cm³/mol. The van der Waals surface area contributed by atoms with Crippen LogP contribution < -0.4 is 10.2 Å². The maximum Gasteiger partial charge on any atom is 0.220 e. The summed E-state index contributed by atoms with van der Waals surface area (Å²) in [5.41, 5.74) is 5.12. The van der Waals surface area contributed by atoms with E-state index >= 15 is 0 Å². The Morgan fingerprint density at radius 3 is 2.54 bits per heavy atom. The number of hydrogen-bond acceptors (Lipinski definition) is 6. The van der Waals surface area contributed by atoms with E-state index in [1.54, 1.807) is 42.6 Å². The lowest BCUT2D eigenvalue weighted by atomic mass is 10.00. The molecule has 3 heterocycles. The maximum absolute atomic E-state index is 10.9. The largest absolute Gasteiger partial charge is 0.359 e. The molecule has 0 saturated carbocycles. The van der Waals surface area contributed by atoms with Gasteiger partial charge >= 0.3 is 0 Å². The monoisotopic (exact) mass is 508 g/mol. The number of rotatable bonds is 4. The number of carbonyl (C=O) groups excluding carboxylic acids is 1. The Bertz CT molecular complexity index is 1250. The van der Waals surface area contributed by atoms with E-state index in [1.165, 1.54) is 4.88 Å². The fourth-order valence-corrected chi connectivity index (χ4v) is 4.96. The number of hydrogen-bond donors (Lipinski definition) is 3. The van der Waals surface area contributed by atoms with Gasteiger partial charge in [0.15, 0.2) is 0 Å². The predicted octanol–water partition coefficient (Wildman–Crippen LogP) is 5.41. The van der Waals surface area contributed by atoms with Crippen LogP contribution in [0.1, 0.15) is 40.5 Å². The lowest BCUT2D eigenvalue weighted by Gasteiger charge is -2.21. The van der Waals surface area contributed by atoms with Crippen molar-refractivity contribution >= 4 is 51.2 Å². The third-order valence-electron chi connectivity index (χ3n) is 5.56. The van der Waals surface area contributed by atoms with Crippen molar-refractivity contribution in [3.8, 4) is 0 Å². The van der Waals surface area contributed by atoms with E-state index in [1.807, 2.05) is 36.4 Å². The summed E-state index contributed by atoms with van der Waals surface area (Å²) in [6.07, 6.45) is 4.79. The summed E-state index contributed by atoms with van der Waals surface area (Å²) in [5.74, 6) is 0.730. The summed E-state index contributed by atoms with van der Waals surface area (Å²) < 4.78 is 0. The van der Waals surface area contributed by atoms with Crippen LogP contribution in [0.2, 0.25) is 5.02 Å². The highest BCUT2D eigenvalue weighted by Gasteiger charge is 2.28. The van der Waals surface area contributed by atoms with Gasteiger partial charge in [-0.2, -0.15) is 0 Å². The maximum atomic E-state index is 10.9. The van der Waals surface area contributed by atoms with Crippen LogP contribution >= 0.6 is 22.9 Å². The summed E-state index contributed by atoms with van der Waals surface area (Å²) in [6.45, 7) is 6.10. The Kier molecular flexibility index (Phi) is 8.89. The lowest BCUT2D eigenvalue weighted by Crippen LogP contribution is -2.35. The standard InChI is InChI=1S/C17H17ClN4S.C9H12N2O/c1-9-10(2)23-17-15(9)16(12-4-6-13(18)7-5-12)21-8-14(20)22(17)11(3)19;1-10-9(12)5-4-8-3-2-6-11-7-8/h4-7,19-20H,8H2,1-3H3;2-3,6-7H,4-5H2,1H3,(H,10,12). The molecule has 0 radical (unpaired) electrons. The van der Waals surface area contributed by atoms with E-state index in [4.69, 9.17) is 22.4 Å². The molecule has 1 aromatic carbocycles. The topological polar surface area (TPSA) is 105 Å². The number of thiophene rings is 1. The Labute approximate surface area is 214 Å². The third kappa shape index (κ3) is 6.41. The van der Waals surface area contributed by atoms with Crippen LogP contribution in [0, 0.1) is 24.7 Å². The number of amidine groups is 2. The molecule has 3 N–H and O–H groups in total. The second kappa shape index (κ2) is 11.9. The van der Waals surface area contributed by atoms with Gasteiger partial charge in [-0.25, -0.2) is 0 Å². The molecule has 1 aliphatic rings. The number of nitrogens with one attached hydrogen (secondary N) is 3. The first-order valence-electron chi connectivity index (χ1n) is 11.2. The zero-order valence-electron chi connectivity index (χ0n) is 20.3. The average Bonchev–Trinajstić information content (AvgIpc) is 3.04. The van der Waals surface area contributed by atoms with Crippen molar-refractivity contribution < 1.29 is 4.79 Å². The van der Waals surface area contributed by atoms with E-state index < -0.39 is 0 Å². The number of benzene rings is 1. The first kappa shape index (κ1) is 26.2. The van der Waals surface area contributed by atoms with Gasteiger partial charge in [-0.05, 0) is 56.5 Å². The van der Waals surface area contributed by atoms with Crippen LogP contribution in [-0.2, 0) is 11.2 Å². The number of carbonyl (C=O) groups is 1. The molecule has 182 valence electrons. The lowest BCUT2D eigenvalue weighted by molar-refractivity contribution is -0.120. The van der Waals surface area contributed by atoms with Crippen molar-refractivity contribution in [3.05, 3.63) is 80.9 Å². The first-order chi connectivity index (χ1) is 16.7. The van der Waals surface area contributed by atoms with Gasteiger partial charge in [0, 0.05) is 46.9 Å². The molecule has 0 saturated heterocycles. The van der Waals surface area contributed by atoms with E-state index in [9.17, 15) is 4.79 Å². The Morgan fingerprint density at radius 2 is 1.94 bits per heavy atom. The van der Waals surface area contributed by atoms with Gasteiger partial charge in [0.2, 0.25) is 5.91 Å². The van der Waals surface area contributed by atoms with Crippen molar-refractivity contribution in [1.29, 1.82) is 10.8 Å². The Balaban J connectivity index is 0.000000241. The van der Waals surface area contributed by atoms with Crippen LogP contribution in [-0.4, -0.2) is 41.9 Å². The van der Waals surface area contributed by atoms with Crippen LogP contribution in [0.15, 0.2) is 53.8 Å². The number of nitrogens with zero attached hydrogens (tertiary/aromatic N) is 3. The van der Waals surface area contributed by atoms with Gasteiger partial charge in [-0.3, -0.25) is 30.5 Å². The fraction of sp³-hybridized carbons (Fsp3) is 0.269. The van der Waals surface area contributed by atoms with Crippen molar-refractivity contribution in [2.24, 2.45) is 4.99 Å². The van der Waals surface area contributed by atoms with Gasteiger partial charge < -0.3 is 5.32 Å². The molecule has 1 amide bonds. The molecule has 0 fully saturated rings. The number of anilines is 1. The van der Waals surface area contributed by atoms with Gasteiger partial charge in [0.05, 0.1) is 12.3 Å². The summed E-state index contributed by atoms with van der Waals surface area (Å²) in [4.78, 5) is 22.3. The molecule has 0 bridgehead atoms. The summed E-state index contributed by atoms with van der Waals surface area (Å²) in [5, 5.41) is 20.5. The normalized spacial score (nSPS) is 12.7. The van der Waals surface area contributed by atoms with Gasteiger partial charge in [0.1, 0.15) is 16.7 Å².